The maximum absolute atomic E-state index is 12.7. The number of nitrogens with zero attached hydrogens (tertiary/aromatic N) is 1. The first-order valence-corrected chi connectivity index (χ1v) is 9.13. The number of benzene rings is 2. The predicted molar refractivity (Wildman–Crippen MR) is 105 cm³/mol. The molecule has 1 unspecified atom stereocenters. The van der Waals surface area contributed by atoms with Gasteiger partial charge in [-0.25, -0.2) is 4.79 Å². The van der Waals surface area contributed by atoms with E-state index in [4.69, 9.17) is 4.74 Å². The molecule has 0 bridgehead atoms. The van der Waals surface area contributed by atoms with Gasteiger partial charge in [0.1, 0.15) is 12.6 Å². The van der Waals surface area contributed by atoms with Crippen molar-refractivity contribution in [1.82, 2.24) is 9.88 Å². The van der Waals surface area contributed by atoms with Crippen LogP contribution in [-0.4, -0.2) is 29.1 Å². The smallest absolute Gasteiger partial charge is 0.328 e. The number of hydrogen-bond acceptors (Lipinski definition) is 3. The van der Waals surface area contributed by atoms with Gasteiger partial charge in [-0.15, -0.1) is 0 Å². The third-order valence-electron chi connectivity index (χ3n) is 4.51. The molecule has 0 saturated heterocycles. The van der Waals surface area contributed by atoms with Crippen molar-refractivity contribution >= 4 is 22.8 Å². The van der Waals surface area contributed by atoms with Crippen LogP contribution in [0.5, 0.6) is 0 Å². The Morgan fingerprint density at radius 3 is 2.52 bits per heavy atom. The molecular formula is C22H24N2O3. The first kappa shape index (κ1) is 18.7. The van der Waals surface area contributed by atoms with Gasteiger partial charge in [0.25, 0.3) is 0 Å². The van der Waals surface area contributed by atoms with E-state index in [9.17, 15) is 9.59 Å². The van der Waals surface area contributed by atoms with Crippen LogP contribution >= 0.6 is 0 Å². The average Bonchev–Trinajstić information content (AvgIpc) is 2.97. The molecule has 1 aromatic heterocycles. The second-order valence-corrected chi connectivity index (χ2v) is 6.49. The highest BCUT2D eigenvalue weighted by atomic mass is 16.5. The minimum Gasteiger partial charge on any atom is -0.464 e. The molecule has 0 aliphatic carbocycles. The molecule has 1 heterocycles. The van der Waals surface area contributed by atoms with Gasteiger partial charge in [-0.3, -0.25) is 4.79 Å². The Bertz CT molecular complexity index is 931. The van der Waals surface area contributed by atoms with E-state index >= 15 is 0 Å². The standard InChI is InChI=1S/C22H24N2O3/c1-3-27-22(26)19(14-17-9-5-4-6-10-17)23-21(25)15-24-16(2)13-18-11-7-8-12-20(18)24/h4-13,19H,3,14-15H2,1-2H3,(H,23,25). The molecule has 0 fully saturated rings. The fourth-order valence-electron chi connectivity index (χ4n) is 3.23. The van der Waals surface area contributed by atoms with Crippen LogP contribution in [0.3, 0.4) is 0 Å². The number of rotatable bonds is 7. The van der Waals surface area contributed by atoms with Crippen LogP contribution < -0.4 is 5.32 Å². The Labute approximate surface area is 158 Å². The molecule has 1 N–H and O–H groups in total. The van der Waals surface area contributed by atoms with Crippen molar-refractivity contribution in [2.24, 2.45) is 0 Å². The van der Waals surface area contributed by atoms with Crippen molar-refractivity contribution in [2.45, 2.75) is 32.9 Å². The maximum atomic E-state index is 12.7. The lowest BCUT2D eigenvalue weighted by Gasteiger charge is -2.18. The van der Waals surface area contributed by atoms with Crippen molar-refractivity contribution in [3.05, 3.63) is 71.9 Å². The first-order chi connectivity index (χ1) is 13.1. The molecule has 2 aromatic carbocycles. The maximum Gasteiger partial charge on any atom is 0.328 e. The van der Waals surface area contributed by atoms with E-state index in [1.54, 1.807) is 6.92 Å². The number of esters is 1. The minimum absolute atomic E-state index is 0.157. The molecule has 1 amide bonds. The molecule has 1 atom stereocenters. The van der Waals surface area contributed by atoms with Gasteiger partial charge >= 0.3 is 5.97 Å². The summed E-state index contributed by atoms with van der Waals surface area (Å²) in [5.41, 5.74) is 2.97. The quantitative estimate of drug-likeness (QED) is 0.655. The zero-order valence-electron chi connectivity index (χ0n) is 15.6. The lowest BCUT2D eigenvalue weighted by atomic mass is 10.1. The van der Waals surface area contributed by atoms with Crippen LogP contribution in [0.1, 0.15) is 18.2 Å². The number of ether oxygens (including phenoxy) is 1. The highest BCUT2D eigenvalue weighted by Gasteiger charge is 2.23. The summed E-state index contributed by atoms with van der Waals surface area (Å²) in [7, 11) is 0. The number of carbonyl (C=O) groups excluding carboxylic acids is 2. The van der Waals surface area contributed by atoms with Gasteiger partial charge < -0.3 is 14.6 Å². The van der Waals surface area contributed by atoms with E-state index in [0.717, 1.165) is 22.2 Å². The number of fused-ring (bicyclic) bond motifs is 1. The van der Waals surface area contributed by atoms with Gasteiger partial charge in [-0.05, 0) is 36.9 Å². The summed E-state index contributed by atoms with van der Waals surface area (Å²) >= 11 is 0. The van der Waals surface area contributed by atoms with Crippen molar-refractivity contribution in [1.29, 1.82) is 0 Å². The summed E-state index contributed by atoms with van der Waals surface area (Å²) in [6.07, 6.45) is 0.400. The van der Waals surface area contributed by atoms with Crippen molar-refractivity contribution in [3.8, 4) is 0 Å². The Morgan fingerprint density at radius 1 is 1.07 bits per heavy atom. The molecule has 27 heavy (non-hydrogen) atoms. The third-order valence-corrected chi connectivity index (χ3v) is 4.51. The second-order valence-electron chi connectivity index (χ2n) is 6.49. The largest absolute Gasteiger partial charge is 0.464 e. The molecule has 0 aliphatic rings. The summed E-state index contributed by atoms with van der Waals surface area (Å²) < 4.78 is 7.10. The topological polar surface area (TPSA) is 60.3 Å². The number of aryl methyl sites for hydroxylation is 1. The van der Waals surface area contributed by atoms with Crippen LogP contribution in [0, 0.1) is 6.92 Å². The second kappa shape index (κ2) is 8.54. The summed E-state index contributed by atoms with van der Waals surface area (Å²) in [5, 5.41) is 3.94. The van der Waals surface area contributed by atoms with E-state index in [0.29, 0.717) is 6.42 Å². The predicted octanol–water partition coefficient (Wildman–Crippen LogP) is 3.24. The highest BCUT2D eigenvalue weighted by Crippen LogP contribution is 2.19. The van der Waals surface area contributed by atoms with Crippen molar-refractivity contribution in [2.75, 3.05) is 6.61 Å². The fraction of sp³-hybridized carbons (Fsp3) is 0.273. The van der Waals surface area contributed by atoms with Crippen LogP contribution in [-0.2, 0) is 27.3 Å². The lowest BCUT2D eigenvalue weighted by molar-refractivity contribution is -0.147. The van der Waals surface area contributed by atoms with Crippen LogP contribution in [0.25, 0.3) is 10.9 Å². The van der Waals surface area contributed by atoms with E-state index in [1.165, 1.54) is 0 Å². The molecule has 0 radical (unpaired) electrons. The molecule has 5 nitrogen and oxygen atoms in total. The molecule has 0 aliphatic heterocycles. The van der Waals surface area contributed by atoms with E-state index in [2.05, 4.69) is 11.4 Å². The summed E-state index contributed by atoms with van der Waals surface area (Å²) in [6, 6.07) is 18.9. The summed E-state index contributed by atoms with van der Waals surface area (Å²) in [4.78, 5) is 25.0. The number of amides is 1. The fourth-order valence-corrected chi connectivity index (χ4v) is 3.23. The Kier molecular flexibility index (Phi) is 5.91. The monoisotopic (exact) mass is 364 g/mol. The van der Waals surface area contributed by atoms with Crippen molar-refractivity contribution in [3.63, 3.8) is 0 Å². The van der Waals surface area contributed by atoms with Gasteiger partial charge in [0.15, 0.2) is 0 Å². The van der Waals surface area contributed by atoms with Crippen molar-refractivity contribution < 1.29 is 14.3 Å². The Hall–Kier alpha value is -3.08. The zero-order chi connectivity index (χ0) is 19.2. The normalized spacial score (nSPS) is 11.9. The molecule has 5 heteroatoms. The van der Waals surface area contributed by atoms with Gasteiger partial charge in [-0.1, -0.05) is 48.5 Å². The van der Waals surface area contributed by atoms with Gasteiger partial charge in [-0.2, -0.15) is 0 Å². The average molecular weight is 364 g/mol. The molecular weight excluding hydrogens is 340 g/mol. The minimum atomic E-state index is -0.706. The van der Waals surface area contributed by atoms with Crippen LogP contribution in [0.4, 0.5) is 0 Å². The third kappa shape index (κ3) is 4.56. The van der Waals surface area contributed by atoms with Crippen LogP contribution in [0.2, 0.25) is 0 Å². The Morgan fingerprint density at radius 2 is 1.78 bits per heavy atom. The Balaban J connectivity index is 1.75. The number of carbonyl (C=O) groups is 2. The van der Waals surface area contributed by atoms with E-state index in [1.807, 2.05) is 66.1 Å². The molecule has 0 spiro atoms. The number of aromatic nitrogens is 1. The summed E-state index contributed by atoms with van der Waals surface area (Å²) in [5.74, 6) is -0.628. The number of para-hydroxylation sites is 1. The van der Waals surface area contributed by atoms with E-state index in [-0.39, 0.29) is 19.1 Å². The molecule has 3 rings (SSSR count). The lowest BCUT2D eigenvalue weighted by Crippen LogP contribution is -2.44. The number of hydrogen-bond donors (Lipinski definition) is 1. The van der Waals surface area contributed by atoms with Gasteiger partial charge in [0.05, 0.1) is 6.61 Å². The molecule has 140 valence electrons. The van der Waals surface area contributed by atoms with Gasteiger partial charge in [0, 0.05) is 17.6 Å². The highest BCUT2D eigenvalue weighted by molar-refractivity contribution is 5.87. The summed E-state index contributed by atoms with van der Waals surface area (Å²) in [6.45, 7) is 4.17. The van der Waals surface area contributed by atoms with E-state index < -0.39 is 12.0 Å². The number of nitrogens with one attached hydrogen (secondary N) is 1. The zero-order valence-corrected chi connectivity index (χ0v) is 15.6. The van der Waals surface area contributed by atoms with Gasteiger partial charge in [0.2, 0.25) is 5.91 Å². The molecule has 3 aromatic rings. The van der Waals surface area contributed by atoms with Crippen LogP contribution in [0.15, 0.2) is 60.7 Å². The SMILES string of the molecule is CCOC(=O)C(Cc1ccccc1)NC(=O)Cn1c(C)cc2ccccc21. The molecule has 0 saturated carbocycles. The first-order valence-electron chi connectivity index (χ1n) is 9.13.